The first-order valence-electron chi connectivity index (χ1n) is 7.34. The smallest absolute Gasteiger partial charge is 0.165 e. The number of hydrogen-bond donors (Lipinski definition) is 2. The second kappa shape index (κ2) is 7.04. The molecule has 2 N–H and O–H groups in total. The maximum atomic E-state index is 13.7. The van der Waals surface area contributed by atoms with Gasteiger partial charge in [0.1, 0.15) is 6.61 Å². The first kappa shape index (κ1) is 15.3. The molecule has 0 spiro atoms. The summed E-state index contributed by atoms with van der Waals surface area (Å²) in [6.45, 7) is 1.70. The van der Waals surface area contributed by atoms with Crippen LogP contribution in [0, 0.1) is 11.7 Å². The van der Waals surface area contributed by atoms with Gasteiger partial charge in [0.05, 0.1) is 12.2 Å². The predicted octanol–water partition coefficient (Wildman–Crippen LogP) is 3.20. The highest BCUT2D eigenvalue weighted by molar-refractivity contribution is 5.30. The Morgan fingerprint density at radius 3 is 2.60 bits per heavy atom. The van der Waals surface area contributed by atoms with Crippen LogP contribution in [0.1, 0.15) is 50.7 Å². The van der Waals surface area contributed by atoms with Crippen LogP contribution in [-0.4, -0.2) is 22.9 Å². The topological polar surface area (TPSA) is 49.7 Å². The molecule has 0 radical (unpaired) electrons. The van der Waals surface area contributed by atoms with Crippen LogP contribution < -0.4 is 4.74 Å². The number of aliphatic hydroxyl groups is 2. The highest BCUT2D eigenvalue weighted by atomic mass is 19.1. The third kappa shape index (κ3) is 4.18. The first-order valence-corrected chi connectivity index (χ1v) is 7.34. The lowest BCUT2D eigenvalue weighted by Gasteiger charge is -2.16. The van der Waals surface area contributed by atoms with Gasteiger partial charge in [-0.1, -0.05) is 31.7 Å². The van der Waals surface area contributed by atoms with Crippen LogP contribution in [0.4, 0.5) is 4.39 Å². The van der Waals surface area contributed by atoms with Gasteiger partial charge in [0.15, 0.2) is 11.6 Å². The summed E-state index contributed by atoms with van der Waals surface area (Å²) in [5.74, 6) is 0.201. The number of benzene rings is 1. The molecule has 1 saturated carbocycles. The maximum Gasteiger partial charge on any atom is 0.165 e. The normalized spacial score (nSPS) is 19.0. The molecule has 0 heterocycles. The molecule has 1 aromatic rings. The molecule has 1 aromatic carbocycles. The number of hydrogen-bond acceptors (Lipinski definition) is 3. The highest BCUT2D eigenvalue weighted by Gasteiger charge is 2.19. The summed E-state index contributed by atoms with van der Waals surface area (Å²) >= 11 is 0. The summed E-state index contributed by atoms with van der Waals surface area (Å²) in [4.78, 5) is 0. The summed E-state index contributed by atoms with van der Waals surface area (Å²) in [7, 11) is 0. The molecule has 4 heteroatoms. The van der Waals surface area contributed by atoms with Gasteiger partial charge in [-0.05, 0) is 37.0 Å². The van der Waals surface area contributed by atoms with Crippen LogP contribution in [0.15, 0.2) is 18.2 Å². The van der Waals surface area contributed by atoms with Crippen molar-refractivity contribution in [1.29, 1.82) is 0 Å². The van der Waals surface area contributed by atoms with E-state index < -0.39 is 18.0 Å². The molecule has 1 unspecified atom stereocenters. The maximum absolute atomic E-state index is 13.7. The van der Waals surface area contributed by atoms with Gasteiger partial charge in [0, 0.05) is 0 Å². The van der Waals surface area contributed by atoms with E-state index in [2.05, 4.69) is 0 Å². The van der Waals surface area contributed by atoms with Crippen molar-refractivity contribution >= 4 is 0 Å². The molecule has 112 valence electrons. The zero-order valence-corrected chi connectivity index (χ0v) is 11.9. The fraction of sp³-hybridized carbons (Fsp3) is 0.625. The fourth-order valence-corrected chi connectivity index (χ4v) is 2.78. The lowest BCUT2D eigenvalue weighted by Crippen LogP contribution is -2.20. The Labute approximate surface area is 119 Å². The van der Waals surface area contributed by atoms with E-state index in [4.69, 9.17) is 4.74 Å². The van der Waals surface area contributed by atoms with Crippen LogP contribution in [-0.2, 0) is 0 Å². The number of rotatable bonds is 6. The van der Waals surface area contributed by atoms with Gasteiger partial charge in [-0.2, -0.15) is 0 Å². The molecule has 0 amide bonds. The molecular weight excluding hydrogens is 259 g/mol. The van der Waals surface area contributed by atoms with Crippen LogP contribution in [0.3, 0.4) is 0 Å². The summed E-state index contributed by atoms with van der Waals surface area (Å²) < 4.78 is 19.1. The zero-order valence-electron chi connectivity index (χ0n) is 11.9. The molecule has 0 aromatic heterocycles. The summed E-state index contributed by atoms with van der Waals surface area (Å²) in [5, 5.41) is 19.3. The molecular formula is C16H23FO3. The predicted molar refractivity (Wildman–Crippen MR) is 75.1 cm³/mol. The molecule has 1 aliphatic rings. The van der Waals surface area contributed by atoms with Crippen LogP contribution in [0.5, 0.6) is 5.75 Å². The van der Waals surface area contributed by atoms with Crippen molar-refractivity contribution in [1.82, 2.24) is 0 Å². The Kier molecular flexibility index (Phi) is 5.38. The average Bonchev–Trinajstić information content (AvgIpc) is 2.90. The minimum atomic E-state index is -0.702. The molecule has 2 rings (SSSR count). The van der Waals surface area contributed by atoms with Gasteiger partial charge in [0.25, 0.3) is 0 Å². The standard InChI is InChI=1S/C16H23FO3/c1-11(18)13-6-7-16(15(17)9-13)20-10-14(19)8-12-4-2-3-5-12/h6-7,9,11-12,14,18-19H,2-5,8,10H2,1H3/t11-,14?/m0/s1. The monoisotopic (exact) mass is 282 g/mol. The number of halogens is 1. The van der Waals surface area contributed by atoms with Gasteiger partial charge >= 0.3 is 0 Å². The zero-order chi connectivity index (χ0) is 14.5. The molecule has 0 bridgehead atoms. The van der Waals surface area contributed by atoms with Gasteiger partial charge in [-0.25, -0.2) is 4.39 Å². The van der Waals surface area contributed by atoms with E-state index in [1.165, 1.54) is 37.8 Å². The molecule has 2 atom stereocenters. The number of ether oxygens (including phenoxy) is 1. The second-order valence-corrected chi connectivity index (χ2v) is 5.72. The van der Waals surface area contributed by atoms with Crippen molar-refractivity contribution in [3.63, 3.8) is 0 Å². The third-order valence-electron chi connectivity index (χ3n) is 3.95. The van der Waals surface area contributed by atoms with Gasteiger partial charge in [-0.15, -0.1) is 0 Å². The Hall–Kier alpha value is -1.13. The summed E-state index contributed by atoms with van der Waals surface area (Å²) in [6.07, 6.45) is 4.32. The van der Waals surface area contributed by atoms with Gasteiger partial charge in [-0.3, -0.25) is 0 Å². The van der Waals surface area contributed by atoms with Gasteiger partial charge < -0.3 is 14.9 Å². The fourth-order valence-electron chi connectivity index (χ4n) is 2.78. The van der Waals surface area contributed by atoms with E-state index in [9.17, 15) is 14.6 Å². The Bertz CT molecular complexity index is 428. The molecule has 1 aliphatic carbocycles. The van der Waals surface area contributed by atoms with Crippen LogP contribution in [0.2, 0.25) is 0 Å². The van der Waals surface area contributed by atoms with E-state index in [-0.39, 0.29) is 12.4 Å². The Morgan fingerprint density at radius 1 is 1.30 bits per heavy atom. The van der Waals surface area contributed by atoms with Crippen molar-refractivity contribution in [3.05, 3.63) is 29.6 Å². The third-order valence-corrected chi connectivity index (χ3v) is 3.95. The quantitative estimate of drug-likeness (QED) is 0.842. The first-order chi connectivity index (χ1) is 9.56. The molecule has 0 aliphatic heterocycles. The summed E-state index contributed by atoms with van der Waals surface area (Å²) in [5.41, 5.74) is 0.515. The van der Waals surface area contributed by atoms with E-state index in [1.54, 1.807) is 13.0 Å². The lowest BCUT2D eigenvalue weighted by molar-refractivity contribution is 0.0836. The Balaban J connectivity index is 1.83. The second-order valence-electron chi connectivity index (χ2n) is 5.72. The highest BCUT2D eigenvalue weighted by Crippen LogP contribution is 2.29. The minimum absolute atomic E-state index is 0.113. The minimum Gasteiger partial charge on any atom is -0.488 e. The Morgan fingerprint density at radius 2 is 2.00 bits per heavy atom. The van der Waals surface area contributed by atoms with Crippen molar-refractivity contribution in [2.45, 2.75) is 51.2 Å². The van der Waals surface area contributed by atoms with E-state index in [0.717, 1.165) is 6.42 Å². The van der Waals surface area contributed by atoms with E-state index >= 15 is 0 Å². The van der Waals surface area contributed by atoms with E-state index in [1.807, 2.05) is 0 Å². The van der Waals surface area contributed by atoms with Crippen molar-refractivity contribution in [3.8, 4) is 5.75 Å². The van der Waals surface area contributed by atoms with Crippen molar-refractivity contribution < 1.29 is 19.3 Å². The van der Waals surface area contributed by atoms with Crippen molar-refractivity contribution in [2.24, 2.45) is 5.92 Å². The van der Waals surface area contributed by atoms with Crippen LogP contribution >= 0.6 is 0 Å². The lowest BCUT2D eigenvalue weighted by atomic mass is 10.0. The molecule has 0 saturated heterocycles. The van der Waals surface area contributed by atoms with Gasteiger partial charge in [0.2, 0.25) is 0 Å². The SMILES string of the molecule is C[C@H](O)c1ccc(OCC(O)CC2CCCC2)c(F)c1. The number of aliphatic hydroxyl groups excluding tert-OH is 2. The average molecular weight is 282 g/mol. The summed E-state index contributed by atoms with van der Waals surface area (Å²) in [6, 6.07) is 4.40. The molecule has 1 fully saturated rings. The molecule has 20 heavy (non-hydrogen) atoms. The van der Waals surface area contributed by atoms with Crippen molar-refractivity contribution in [2.75, 3.05) is 6.61 Å². The van der Waals surface area contributed by atoms with E-state index in [0.29, 0.717) is 11.5 Å². The molecule has 3 nitrogen and oxygen atoms in total. The van der Waals surface area contributed by atoms with Crippen LogP contribution in [0.25, 0.3) is 0 Å². The largest absolute Gasteiger partial charge is 0.488 e.